The summed E-state index contributed by atoms with van der Waals surface area (Å²) in [5.41, 5.74) is 5.48. The molecule has 6 nitrogen and oxygen atoms in total. The van der Waals surface area contributed by atoms with Gasteiger partial charge in [0, 0.05) is 25.2 Å². The molecule has 0 aliphatic carbocycles. The van der Waals surface area contributed by atoms with E-state index in [9.17, 15) is 9.18 Å². The predicted octanol–water partition coefficient (Wildman–Crippen LogP) is 2.76. The molecule has 7 heteroatoms. The smallest absolute Gasteiger partial charge is 0.266 e. The standard InChI is InChI=1S/C19H23FN4O2/c1-19(2,26-15-7-5-14(20)6-8-15)17(25)24-11-3-4-13(12-24)16-9-10-22-18(21)23-16/h5-10,13H,3-4,11-12H2,1-2H3,(H2,21,22,23). The van der Waals surface area contributed by atoms with Gasteiger partial charge in [0.15, 0.2) is 5.60 Å². The second-order valence-corrected chi connectivity index (χ2v) is 7.00. The second kappa shape index (κ2) is 7.27. The number of nitrogen functional groups attached to an aromatic ring is 1. The number of rotatable bonds is 4. The van der Waals surface area contributed by atoms with E-state index in [1.165, 1.54) is 24.3 Å². The summed E-state index contributed by atoms with van der Waals surface area (Å²) in [6.07, 6.45) is 3.46. The Kier molecular flexibility index (Phi) is 5.06. The molecule has 2 aromatic rings. The highest BCUT2D eigenvalue weighted by Crippen LogP contribution is 2.28. The predicted molar refractivity (Wildman–Crippen MR) is 96.1 cm³/mol. The number of halogens is 1. The van der Waals surface area contributed by atoms with E-state index in [0.29, 0.717) is 18.8 Å². The molecule has 3 rings (SSSR count). The van der Waals surface area contributed by atoms with E-state index in [1.54, 1.807) is 24.9 Å². The summed E-state index contributed by atoms with van der Waals surface area (Å²) in [6, 6.07) is 7.51. The van der Waals surface area contributed by atoms with Gasteiger partial charge >= 0.3 is 0 Å². The van der Waals surface area contributed by atoms with Gasteiger partial charge in [-0.15, -0.1) is 0 Å². The number of anilines is 1. The molecule has 1 atom stereocenters. The fraction of sp³-hybridized carbons (Fsp3) is 0.421. The monoisotopic (exact) mass is 358 g/mol. The van der Waals surface area contributed by atoms with Crippen LogP contribution in [0.2, 0.25) is 0 Å². The first kappa shape index (κ1) is 18.1. The zero-order valence-corrected chi connectivity index (χ0v) is 15.0. The highest BCUT2D eigenvalue weighted by atomic mass is 19.1. The third-order valence-electron chi connectivity index (χ3n) is 4.52. The van der Waals surface area contributed by atoms with Crippen LogP contribution in [0.25, 0.3) is 0 Å². The SMILES string of the molecule is CC(C)(Oc1ccc(F)cc1)C(=O)N1CCCC(c2ccnc(N)n2)C1. The number of aromatic nitrogens is 2. The van der Waals surface area contributed by atoms with Crippen molar-refractivity contribution in [3.8, 4) is 5.75 Å². The van der Waals surface area contributed by atoms with E-state index in [1.807, 2.05) is 6.07 Å². The number of amides is 1. The summed E-state index contributed by atoms with van der Waals surface area (Å²) in [5.74, 6) is 0.380. The van der Waals surface area contributed by atoms with Gasteiger partial charge in [0.1, 0.15) is 11.6 Å². The van der Waals surface area contributed by atoms with Crippen molar-refractivity contribution in [2.75, 3.05) is 18.8 Å². The minimum Gasteiger partial charge on any atom is -0.478 e. The first-order valence-electron chi connectivity index (χ1n) is 8.67. The van der Waals surface area contributed by atoms with Gasteiger partial charge in [-0.25, -0.2) is 14.4 Å². The van der Waals surface area contributed by atoms with Gasteiger partial charge in [-0.1, -0.05) is 0 Å². The zero-order valence-electron chi connectivity index (χ0n) is 15.0. The quantitative estimate of drug-likeness (QED) is 0.909. The molecular weight excluding hydrogens is 335 g/mol. The molecule has 1 aliphatic rings. The van der Waals surface area contributed by atoms with Crippen LogP contribution in [-0.4, -0.2) is 39.5 Å². The van der Waals surface area contributed by atoms with Gasteiger partial charge in [0.2, 0.25) is 5.95 Å². The van der Waals surface area contributed by atoms with E-state index in [4.69, 9.17) is 10.5 Å². The lowest BCUT2D eigenvalue weighted by Gasteiger charge is -2.37. The number of ether oxygens (including phenoxy) is 1. The molecule has 1 aliphatic heterocycles. The van der Waals surface area contributed by atoms with Crippen LogP contribution in [0.5, 0.6) is 5.75 Å². The molecule has 0 bridgehead atoms. The number of benzene rings is 1. The molecule has 26 heavy (non-hydrogen) atoms. The Morgan fingerprint density at radius 3 is 2.73 bits per heavy atom. The average molecular weight is 358 g/mol. The van der Waals surface area contributed by atoms with E-state index >= 15 is 0 Å². The van der Waals surface area contributed by atoms with Crippen molar-refractivity contribution < 1.29 is 13.9 Å². The summed E-state index contributed by atoms with van der Waals surface area (Å²) < 4.78 is 18.9. The van der Waals surface area contributed by atoms with Crippen molar-refractivity contribution in [1.82, 2.24) is 14.9 Å². The molecule has 2 N–H and O–H groups in total. The van der Waals surface area contributed by atoms with Crippen LogP contribution in [0.15, 0.2) is 36.5 Å². The summed E-state index contributed by atoms with van der Waals surface area (Å²) in [5, 5.41) is 0. The molecule has 1 fully saturated rings. The van der Waals surface area contributed by atoms with Gasteiger partial charge in [0.25, 0.3) is 5.91 Å². The van der Waals surface area contributed by atoms with E-state index in [2.05, 4.69) is 9.97 Å². The number of carbonyl (C=O) groups excluding carboxylic acids is 1. The van der Waals surface area contributed by atoms with E-state index in [-0.39, 0.29) is 23.6 Å². The number of likely N-dealkylation sites (tertiary alicyclic amines) is 1. The van der Waals surface area contributed by atoms with Crippen molar-refractivity contribution in [2.45, 2.75) is 38.2 Å². The van der Waals surface area contributed by atoms with Crippen LogP contribution >= 0.6 is 0 Å². The fourth-order valence-electron chi connectivity index (χ4n) is 3.24. The summed E-state index contributed by atoms with van der Waals surface area (Å²) >= 11 is 0. The van der Waals surface area contributed by atoms with Crippen molar-refractivity contribution >= 4 is 11.9 Å². The maximum absolute atomic E-state index is 13.1. The maximum Gasteiger partial charge on any atom is 0.266 e. The van der Waals surface area contributed by atoms with E-state index in [0.717, 1.165) is 18.5 Å². The third kappa shape index (κ3) is 4.09. The Morgan fingerprint density at radius 2 is 2.04 bits per heavy atom. The Labute approximate surface area is 152 Å². The topological polar surface area (TPSA) is 81.3 Å². The molecule has 0 spiro atoms. The van der Waals surface area contributed by atoms with Crippen molar-refractivity contribution in [3.05, 3.63) is 48.0 Å². The number of hydrogen-bond donors (Lipinski definition) is 1. The van der Waals surface area contributed by atoms with Crippen LogP contribution in [0.3, 0.4) is 0 Å². The molecule has 1 saturated heterocycles. The largest absolute Gasteiger partial charge is 0.478 e. The van der Waals surface area contributed by atoms with Gasteiger partial charge in [-0.05, 0) is 57.0 Å². The molecule has 1 amide bonds. The van der Waals surface area contributed by atoms with Crippen LogP contribution < -0.4 is 10.5 Å². The number of carbonyl (C=O) groups is 1. The maximum atomic E-state index is 13.1. The minimum atomic E-state index is -1.05. The highest BCUT2D eigenvalue weighted by molar-refractivity contribution is 5.85. The Bertz CT molecular complexity index is 779. The zero-order chi connectivity index (χ0) is 18.7. The van der Waals surface area contributed by atoms with Crippen molar-refractivity contribution in [2.24, 2.45) is 0 Å². The molecule has 1 aromatic heterocycles. The van der Waals surface area contributed by atoms with Crippen LogP contribution in [0.4, 0.5) is 10.3 Å². The lowest BCUT2D eigenvalue weighted by Crippen LogP contribution is -2.51. The fourth-order valence-corrected chi connectivity index (χ4v) is 3.24. The number of nitrogens with two attached hydrogens (primary N) is 1. The molecular formula is C19H23FN4O2. The molecule has 138 valence electrons. The van der Waals surface area contributed by atoms with Crippen LogP contribution in [0.1, 0.15) is 38.3 Å². The van der Waals surface area contributed by atoms with Gasteiger partial charge in [-0.3, -0.25) is 4.79 Å². The number of piperidine rings is 1. The van der Waals surface area contributed by atoms with Gasteiger partial charge in [0.05, 0.1) is 5.69 Å². The molecule has 0 saturated carbocycles. The summed E-state index contributed by atoms with van der Waals surface area (Å²) in [4.78, 5) is 23.0. The third-order valence-corrected chi connectivity index (χ3v) is 4.52. The van der Waals surface area contributed by atoms with Gasteiger partial charge in [-0.2, -0.15) is 0 Å². The van der Waals surface area contributed by atoms with E-state index < -0.39 is 5.60 Å². The first-order valence-corrected chi connectivity index (χ1v) is 8.67. The van der Waals surface area contributed by atoms with Crippen molar-refractivity contribution in [3.63, 3.8) is 0 Å². The summed E-state index contributed by atoms with van der Waals surface area (Å²) in [7, 11) is 0. The minimum absolute atomic E-state index is 0.103. The first-order chi connectivity index (χ1) is 12.3. The second-order valence-electron chi connectivity index (χ2n) is 7.00. The molecule has 1 unspecified atom stereocenters. The number of nitrogens with zero attached hydrogens (tertiary/aromatic N) is 3. The van der Waals surface area contributed by atoms with Crippen molar-refractivity contribution in [1.29, 1.82) is 0 Å². The number of hydrogen-bond acceptors (Lipinski definition) is 5. The Morgan fingerprint density at radius 1 is 1.31 bits per heavy atom. The Hall–Kier alpha value is -2.70. The van der Waals surface area contributed by atoms with Gasteiger partial charge < -0.3 is 15.4 Å². The van der Waals surface area contributed by atoms with Crippen LogP contribution in [-0.2, 0) is 4.79 Å². The average Bonchev–Trinajstić information content (AvgIpc) is 2.63. The Balaban J connectivity index is 1.70. The normalized spacial score (nSPS) is 17.8. The molecule has 0 radical (unpaired) electrons. The lowest BCUT2D eigenvalue weighted by atomic mass is 9.93. The summed E-state index contributed by atoms with van der Waals surface area (Å²) in [6.45, 7) is 4.69. The molecule has 2 heterocycles. The highest BCUT2D eigenvalue weighted by Gasteiger charge is 2.37. The van der Waals surface area contributed by atoms with Crippen LogP contribution in [0, 0.1) is 5.82 Å². The lowest BCUT2D eigenvalue weighted by molar-refractivity contribution is -0.146. The molecule has 1 aromatic carbocycles.